The van der Waals surface area contributed by atoms with Crippen molar-refractivity contribution in [1.82, 2.24) is 0 Å². The highest BCUT2D eigenvalue weighted by Crippen LogP contribution is 2.18. The number of hydrogen-bond acceptors (Lipinski definition) is 2. The van der Waals surface area contributed by atoms with E-state index in [0.29, 0.717) is 17.0 Å². The van der Waals surface area contributed by atoms with Gasteiger partial charge < -0.3 is 0 Å². The molecule has 0 spiro atoms. The Morgan fingerprint density at radius 3 is 2.67 bits per heavy atom. The lowest BCUT2D eigenvalue weighted by Crippen LogP contribution is -2.12. The summed E-state index contributed by atoms with van der Waals surface area (Å²) in [5, 5.41) is 9.33. The van der Waals surface area contributed by atoms with Crippen LogP contribution in [0.4, 0.5) is 0 Å². The van der Waals surface area contributed by atoms with Gasteiger partial charge >= 0.3 is 0 Å². The Kier molecular flexibility index (Phi) is 3.88. The highest BCUT2D eigenvalue weighted by molar-refractivity contribution is 6.31. The van der Waals surface area contributed by atoms with Gasteiger partial charge in [-0.25, -0.2) is 0 Å². The van der Waals surface area contributed by atoms with E-state index in [4.69, 9.17) is 16.9 Å². The monoisotopic (exact) mass is 221 g/mol. The summed E-state index contributed by atoms with van der Waals surface area (Å²) < 4.78 is 0. The molecule has 0 fully saturated rings. The first-order chi connectivity index (χ1) is 7.08. The van der Waals surface area contributed by atoms with Crippen molar-refractivity contribution in [2.75, 3.05) is 0 Å². The Morgan fingerprint density at radius 1 is 1.53 bits per heavy atom. The molecule has 0 radical (unpaired) electrons. The van der Waals surface area contributed by atoms with E-state index in [1.54, 1.807) is 18.2 Å². The largest absolute Gasteiger partial charge is 0.293 e. The lowest BCUT2D eigenvalue weighted by Gasteiger charge is -2.06. The van der Waals surface area contributed by atoms with Gasteiger partial charge in [0.25, 0.3) is 0 Å². The molecule has 0 saturated heterocycles. The Balaban J connectivity index is 3.06. The van der Waals surface area contributed by atoms with E-state index in [9.17, 15) is 4.79 Å². The fourth-order valence-corrected chi connectivity index (χ4v) is 1.70. The highest BCUT2D eigenvalue weighted by atomic mass is 35.5. The molecule has 1 rings (SSSR count). The number of rotatable bonds is 3. The van der Waals surface area contributed by atoms with Crippen molar-refractivity contribution < 1.29 is 4.79 Å². The van der Waals surface area contributed by atoms with E-state index >= 15 is 0 Å². The Bertz CT molecular complexity index is 400. The van der Waals surface area contributed by atoms with Crippen LogP contribution in [-0.4, -0.2) is 5.78 Å². The molecule has 1 aromatic carbocycles. The second-order valence-electron chi connectivity index (χ2n) is 3.47. The van der Waals surface area contributed by atoms with Crippen LogP contribution in [0.15, 0.2) is 18.2 Å². The number of aryl methyl sites for hydroxylation is 1. The second kappa shape index (κ2) is 4.95. The van der Waals surface area contributed by atoms with Gasteiger partial charge in [0.2, 0.25) is 0 Å². The standard InChI is InChI=1S/C12H12ClNO/c1-3-9(7-14)12(15)10-4-8(2)5-11(13)6-10/h4-6,9H,3H2,1-2H3. The van der Waals surface area contributed by atoms with Gasteiger partial charge in [0.05, 0.1) is 6.07 Å². The van der Waals surface area contributed by atoms with E-state index in [1.165, 1.54) is 0 Å². The average Bonchev–Trinajstić information content (AvgIpc) is 2.18. The molecule has 0 heterocycles. The average molecular weight is 222 g/mol. The topological polar surface area (TPSA) is 40.9 Å². The van der Waals surface area contributed by atoms with Crippen LogP contribution >= 0.6 is 11.6 Å². The maximum Gasteiger partial charge on any atom is 0.180 e. The highest BCUT2D eigenvalue weighted by Gasteiger charge is 2.17. The van der Waals surface area contributed by atoms with E-state index in [1.807, 2.05) is 19.9 Å². The molecule has 78 valence electrons. The van der Waals surface area contributed by atoms with Crippen LogP contribution in [0.1, 0.15) is 29.3 Å². The molecular weight excluding hydrogens is 210 g/mol. The number of carbonyl (C=O) groups excluding carboxylic acids is 1. The number of benzene rings is 1. The SMILES string of the molecule is CCC(C#N)C(=O)c1cc(C)cc(Cl)c1. The van der Waals surface area contributed by atoms with E-state index < -0.39 is 5.92 Å². The van der Waals surface area contributed by atoms with E-state index in [-0.39, 0.29) is 5.78 Å². The zero-order chi connectivity index (χ0) is 11.4. The summed E-state index contributed by atoms with van der Waals surface area (Å²) in [6, 6.07) is 7.15. The molecule has 0 aliphatic carbocycles. The third-order valence-corrected chi connectivity index (χ3v) is 2.43. The molecule has 0 bridgehead atoms. The summed E-state index contributed by atoms with van der Waals surface area (Å²) >= 11 is 5.85. The summed E-state index contributed by atoms with van der Waals surface area (Å²) in [5.74, 6) is -0.714. The molecule has 1 aromatic rings. The van der Waals surface area contributed by atoms with Crippen molar-refractivity contribution in [3.05, 3.63) is 34.3 Å². The number of Topliss-reactive ketones (excluding diaryl/α,β-unsaturated/α-hetero) is 1. The van der Waals surface area contributed by atoms with Gasteiger partial charge in [-0.2, -0.15) is 5.26 Å². The number of nitrogens with zero attached hydrogens (tertiary/aromatic N) is 1. The van der Waals surface area contributed by atoms with Gasteiger partial charge in [-0.3, -0.25) is 4.79 Å². The van der Waals surface area contributed by atoms with Crippen LogP contribution in [0.2, 0.25) is 5.02 Å². The molecular formula is C12H12ClNO. The molecule has 1 atom stereocenters. The summed E-state index contributed by atoms with van der Waals surface area (Å²) in [4.78, 5) is 11.8. The van der Waals surface area contributed by atoms with Crippen molar-refractivity contribution in [2.45, 2.75) is 20.3 Å². The van der Waals surface area contributed by atoms with Crippen LogP contribution in [0.5, 0.6) is 0 Å². The summed E-state index contributed by atoms with van der Waals surface area (Å²) in [7, 11) is 0. The lowest BCUT2D eigenvalue weighted by atomic mass is 9.96. The van der Waals surface area contributed by atoms with Gasteiger partial charge in [0.1, 0.15) is 5.92 Å². The van der Waals surface area contributed by atoms with Gasteiger partial charge in [-0.15, -0.1) is 0 Å². The van der Waals surface area contributed by atoms with Crippen molar-refractivity contribution in [3.8, 4) is 6.07 Å². The molecule has 3 heteroatoms. The zero-order valence-electron chi connectivity index (χ0n) is 8.75. The smallest absolute Gasteiger partial charge is 0.180 e. The number of carbonyl (C=O) groups is 1. The second-order valence-corrected chi connectivity index (χ2v) is 3.91. The molecule has 0 aromatic heterocycles. The van der Waals surface area contributed by atoms with Crippen molar-refractivity contribution in [2.24, 2.45) is 5.92 Å². The molecule has 0 aliphatic rings. The Labute approximate surface area is 94.5 Å². The molecule has 0 saturated carbocycles. The number of nitriles is 1. The number of ketones is 1. The first-order valence-electron chi connectivity index (χ1n) is 4.79. The zero-order valence-corrected chi connectivity index (χ0v) is 9.51. The molecule has 0 N–H and O–H groups in total. The van der Waals surface area contributed by atoms with Crippen LogP contribution in [0.25, 0.3) is 0 Å². The van der Waals surface area contributed by atoms with E-state index in [0.717, 1.165) is 5.56 Å². The minimum absolute atomic E-state index is 0.148. The third kappa shape index (κ3) is 2.81. The van der Waals surface area contributed by atoms with E-state index in [2.05, 4.69) is 0 Å². The summed E-state index contributed by atoms with van der Waals surface area (Å²) in [6.45, 7) is 3.69. The third-order valence-electron chi connectivity index (χ3n) is 2.21. The molecule has 0 amide bonds. The normalized spacial score (nSPS) is 11.9. The predicted octanol–water partition coefficient (Wildman–Crippen LogP) is 3.38. The van der Waals surface area contributed by atoms with Crippen LogP contribution < -0.4 is 0 Å². The molecule has 15 heavy (non-hydrogen) atoms. The van der Waals surface area contributed by atoms with Gasteiger partial charge in [-0.1, -0.05) is 18.5 Å². The maximum atomic E-state index is 11.8. The van der Waals surface area contributed by atoms with Gasteiger partial charge in [0.15, 0.2) is 5.78 Å². The van der Waals surface area contributed by atoms with Crippen molar-refractivity contribution in [3.63, 3.8) is 0 Å². The number of hydrogen-bond donors (Lipinski definition) is 0. The lowest BCUT2D eigenvalue weighted by molar-refractivity contribution is 0.0946. The Hall–Kier alpha value is -1.33. The van der Waals surface area contributed by atoms with Crippen molar-refractivity contribution >= 4 is 17.4 Å². The van der Waals surface area contributed by atoms with Crippen LogP contribution in [0, 0.1) is 24.2 Å². The summed E-state index contributed by atoms with van der Waals surface area (Å²) in [5.41, 5.74) is 1.45. The predicted molar refractivity (Wildman–Crippen MR) is 59.9 cm³/mol. The van der Waals surface area contributed by atoms with Crippen LogP contribution in [0.3, 0.4) is 0 Å². The Morgan fingerprint density at radius 2 is 2.20 bits per heavy atom. The first-order valence-corrected chi connectivity index (χ1v) is 5.17. The molecule has 2 nitrogen and oxygen atoms in total. The van der Waals surface area contributed by atoms with Crippen molar-refractivity contribution in [1.29, 1.82) is 5.26 Å². The van der Waals surface area contributed by atoms with Crippen LogP contribution in [-0.2, 0) is 0 Å². The minimum atomic E-state index is -0.567. The summed E-state index contributed by atoms with van der Waals surface area (Å²) in [6.07, 6.45) is 0.529. The quantitative estimate of drug-likeness (QED) is 0.735. The van der Waals surface area contributed by atoms with Gasteiger partial charge in [0, 0.05) is 10.6 Å². The number of halogens is 1. The maximum absolute atomic E-state index is 11.8. The fourth-order valence-electron chi connectivity index (χ4n) is 1.42. The fraction of sp³-hybridized carbons (Fsp3) is 0.333. The molecule has 1 unspecified atom stereocenters. The first kappa shape index (κ1) is 11.7. The van der Waals surface area contributed by atoms with Gasteiger partial charge in [-0.05, 0) is 37.1 Å². The molecule has 0 aliphatic heterocycles. The minimum Gasteiger partial charge on any atom is -0.293 e.